The monoisotopic (exact) mass is 344 g/mol. The van der Waals surface area contributed by atoms with Gasteiger partial charge in [-0.15, -0.1) is 0 Å². The number of urea groups is 1. The molecule has 0 saturated heterocycles. The van der Waals surface area contributed by atoms with Gasteiger partial charge in [-0.1, -0.05) is 79.7 Å². The summed E-state index contributed by atoms with van der Waals surface area (Å²) in [6, 6.07) is 28.1. The smallest absolute Gasteiger partial charge is 0.316 e. The molecule has 3 aromatic carbocycles. The summed E-state index contributed by atoms with van der Waals surface area (Å²) in [4.78, 5) is 14.7. The quantitative estimate of drug-likeness (QED) is 0.630. The largest absolute Gasteiger partial charge is 0.322 e. The SMILES string of the molecule is CCc1ccc(NC(=O)N(Cc2ccccc2)Cc2ccccc2)cc1. The highest BCUT2D eigenvalue weighted by Gasteiger charge is 2.15. The van der Waals surface area contributed by atoms with Crippen molar-refractivity contribution in [3.05, 3.63) is 102 Å². The molecule has 0 heterocycles. The summed E-state index contributed by atoms with van der Waals surface area (Å²) in [5.74, 6) is 0. The van der Waals surface area contributed by atoms with Gasteiger partial charge in [-0.25, -0.2) is 4.79 Å². The number of nitrogens with one attached hydrogen (secondary N) is 1. The third-order valence-corrected chi connectivity index (χ3v) is 4.33. The van der Waals surface area contributed by atoms with Gasteiger partial charge in [-0.2, -0.15) is 0 Å². The van der Waals surface area contributed by atoms with E-state index in [2.05, 4.69) is 12.2 Å². The molecular formula is C23H24N2O. The summed E-state index contributed by atoms with van der Waals surface area (Å²) in [5, 5.41) is 3.02. The molecule has 3 heteroatoms. The minimum Gasteiger partial charge on any atom is -0.316 e. The Bertz CT molecular complexity index is 772. The van der Waals surface area contributed by atoms with Crippen LogP contribution >= 0.6 is 0 Å². The number of amides is 2. The van der Waals surface area contributed by atoms with E-state index in [1.54, 1.807) is 0 Å². The predicted molar refractivity (Wildman–Crippen MR) is 107 cm³/mol. The van der Waals surface area contributed by atoms with Gasteiger partial charge in [-0.05, 0) is 35.2 Å². The zero-order valence-corrected chi connectivity index (χ0v) is 15.1. The molecule has 0 atom stereocenters. The maximum atomic E-state index is 12.9. The van der Waals surface area contributed by atoms with Crippen molar-refractivity contribution in [1.82, 2.24) is 4.90 Å². The first-order chi connectivity index (χ1) is 12.7. The number of carbonyl (C=O) groups excluding carboxylic acids is 1. The molecule has 3 aromatic rings. The summed E-state index contributed by atoms with van der Waals surface area (Å²) >= 11 is 0. The first-order valence-corrected chi connectivity index (χ1v) is 8.97. The minimum absolute atomic E-state index is 0.0954. The van der Waals surface area contributed by atoms with Crippen molar-refractivity contribution < 1.29 is 4.79 Å². The van der Waals surface area contributed by atoms with Crippen LogP contribution in [0.2, 0.25) is 0 Å². The Morgan fingerprint density at radius 1 is 0.731 bits per heavy atom. The molecule has 0 spiro atoms. The molecule has 1 N–H and O–H groups in total. The average molecular weight is 344 g/mol. The standard InChI is InChI=1S/C23H24N2O/c1-2-19-13-15-22(16-14-19)24-23(26)25(17-20-9-5-3-6-10-20)18-21-11-7-4-8-12-21/h3-16H,2,17-18H2,1H3,(H,24,26). The zero-order valence-electron chi connectivity index (χ0n) is 15.1. The topological polar surface area (TPSA) is 32.3 Å². The Hall–Kier alpha value is -3.07. The van der Waals surface area contributed by atoms with Crippen molar-refractivity contribution in [3.63, 3.8) is 0 Å². The molecule has 2 amide bonds. The van der Waals surface area contributed by atoms with Gasteiger partial charge in [0, 0.05) is 18.8 Å². The van der Waals surface area contributed by atoms with Gasteiger partial charge in [-0.3, -0.25) is 0 Å². The highest BCUT2D eigenvalue weighted by Crippen LogP contribution is 2.14. The number of carbonyl (C=O) groups is 1. The molecule has 26 heavy (non-hydrogen) atoms. The molecule has 0 bridgehead atoms. The normalized spacial score (nSPS) is 10.3. The molecule has 132 valence electrons. The fourth-order valence-electron chi connectivity index (χ4n) is 2.83. The van der Waals surface area contributed by atoms with Crippen LogP contribution in [0, 0.1) is 0 Å². The minimum atomic E-state index is -0.0954. The van der Waals surface area contributed by atoms with E-state index in [0.717, 1.165) is 23.2 Å². The lowest BCUT2D eigenvalue weighted by atomic mass is 10.1. The van der Waals surface area contributed by atoms with Crippen LogP contribution in [0.3, 0.4) is 0 Å². The van der Waals surface area contributed by atoms with Crippen LogP contribution in [0.5, 0.6) is 0 Å². The summed E-state index contributed by atoms with van der Waals surface area (Å²) < 4.78 is 0. The average Bonchev–Trinajstić information content (AvgIpc) is 2.69. The molecule has 0 radical (unpaired) electrons. The second kappa shape index (κ2) is 8.86. The number of hydrogen-bond donors (Lipinski definition) is 1. The Labute approximate surface area is 155 Å². The van der Waals surface area contributed by atoms with Crippen LogP contribution in [0.1, 0.15) is 23.6 Å². The van der Waals surface area contributed by atoms with E-state index in [9.17, 15) is 4.79 Å². The van der Waals surface area contributed by atoms with Crippen LogP contribution in [-0.4, -0.2) is 10.9 Å². The molecule has 0 aliphatic rings. The van der Waals surface area contributed by atoms with Crippen molar-refractivity contribution in [3.8, 4) is 0 Å². The Morgan fingerprint density at radius 2 is 1.23 bits per heavy atom. The molecular weight excluding hydrogens is 320 g/mol. The van der Waals surface area contributed by atoms with Crippen LogP contribution in [0.15, 0.2) is 84.9 Å². The Kier molecular flexibility index (Phi) is 6.05. The van der Waals surface area contributed by atoms with Crippen molar-refractivity contribution >= 4 is 11.7 Å². The van der Waals surface area contributed by atoms with E-state index in [1.807, 2.05) is 89.8 Å². The fourth-order valence-corrected chi connectivity index (χ4v) is 2.83. The van der Waals surface area contributed by atoms with E-state index < -0.39 is 0 Å². The van der Waals surface area contributed by atoms with Crippen molar-refractivity contribution in [2.24, 2.45) is 0 Å². The molecule has 0 aromatic heterocycles. The third kappa shape index (κ3) is 4.96. The van der Waals surface area contributed by atoms with Gasteiger partial charge < -0.3 is 10.2 Å². The molecule has 3 nitrogen and oxygen atoms in total. The first kappa shape index (κ1) is 17.7. The highest BCUT2D eigenvalue weighted by molar-refractivity contribution is 5.89. The molecule has 3 rings (SSSR count). The lowest BCUT2D eigenvalue weighted by molar-refractivity contribution is 0.206. The van der Waals surface area contributed by atoms with E-state index in [4.69, 9.17) is 0 Å². The molecule has 0 fully saturated rings. The Morgan fingerprint density at radius 3 is 1.69 bits per heavy atom. The molecule has 0 aliphatic carbocycles. The lowest BCUT2D eigenvalue weighted by Crippen LogP contribution is -2.34. The number of aryl methyl sites for hydroxylation is 1. The van der Waals surface area contributed by atoms with Crippen LogP contribution < -0.4 is 5.32 Å². The lowest BCUT2D eigenvalue weighted by Gasteiger charge is -2.23. The van der Waals surface area contributed by atoms with Crippen molar-refractivity contribution in [2.75, 3.05) is 5.32 Å². The van der Waals surface area contributed by atoms with E-state index in [1.165, 1.54) is 5.56 Å². The Balaban J connectivity index is 1.75. The number of anilines is 1. The van der Waals surface area contributed by atoms with Crippen molar-refractivity contribution in [2.45, 2.75) is 26.4 Å². The summed E-state index contributed by atoms with van der Waals surface area (Å²) in [7, 11) is 0. The first-order valence-electron chi connectivity index (χ1n) is 8.97. The number of benzene rings is 3. The summed E-state index contributed by atoms with van der Waals surface area (Å²) in [6.45, 7) is 3.25. The predicted octanol–water partition coefficient (Wildman–Crippen LogP) is 5.48. The maximum Gasteiger partial charge on any atom is 0.322 e. The van der Waals surface area contributed by atoms with Crippen LogP contribution in [0.4, 0.5) is 10.5 Å². The van der Waals surface area contributed by atoms with Crippen LogP contribution in [0.25, 0.3) is 0 Å². The molecule has 0 saturated carbocycles. The van der Waals surface area contributed by atoms with Gasteiger partial charge in [0.1, 0.15) is 0 Å². The summed E-state index contributed by atoms with van der Waals surface area (Å²) in [6.07, 6.45) is 0.988. The molecule has 0 unspecified atom stereocenters. The number of nitrogens with zero attached hydrogens (tertiary/aromatic N) is 1. The number of hydrogen-bond acceptors (Lipinski definition) is 1. The van der Waals surface area contributed by atoms with Gasteiger partial charge in [0.25, 0.3) is 0 Å². The van der Waals surface area contributed by atoms with Gasteiger partial charge in [0.05, 0.1) is 0 Å². The van der Waals surface area contributed by atoms with Gasteiger partial charge >= 0.3 is 6.03 Å². The molecule has 0 aliphatic heterocycles. The second-order valence-electron chi connectivity index (χ2n) is 6.31. The summed E-state index contributed by atoms with van der Waals surface area (Å²) in [5.41, 5.74) is 4.30. The van der Waals surface area contributed by atoms with Gasteiger partial charge in [0.2, 0.25) is 0 Å². The fraction of sp³-hybridized carbons (Fsp3) is 0.174. The maximum absolute atomic E-state index is 12.9. The van der Waals surface area contributed by atoms with E-state index >= 15 is 0 Å². The zero-order chi connectivity index (χ0) is 18.2. The van der Waals surface area contributed by atoms with Gasteiger partial charge in [0.15, 0.2) is 0 Å². The number of rotatable bonds is 6. The van der Waals surface area contributed by atoms with E-state index in [-0.39, 0.29) is 6.03 Å². The van der Waals surface area contributed by atoms with Crippen molar-refractivity contribution in [1.29, 1.82) is 0 Å². The second-order valence-corrected chi connectivity index (χ2v) is 6.31. The third-order valence-electron chi connectivity index (χ3n) is 4.33. The van der Waals surface area contributed by atoms with E-state index in [0.29, 0.717) is 13.1 Å². The highest BCUT2D eigenvalue weighted by atomic mass is 16.2. The van der Waals surface area contributed by atoms with Crippen LogP contribution in [-0.2, 0) is 19.5 Å².